The van der Waals surface area contributed by atoms with Gasteiger partial charge in [-0.25, -0.2) is 0 Å². The third-order valence-electron chi connectivity index (χ3n) is 15.6. The number of phosphoric acid groups is 1. The molecule has 1 N–H and O–H groups in total. The molecule has 0 saturated heterocycles. The Morgan fingerprint density at radius 1 is 0.436 bits per heavy atom. The van der Waals surface area contributed by atoms with Gasteiger partial charge in [-0.05, 0) is 57.4 Å². The SMILES string of the molecule is CCCCCCCC/C=C\CCCCCC(=O)NC(COP(=O)([O-])OCC[N+](C)(C)C)C(/C=C\CCCCCCCCCCCC)OC(=O)CCCCCCCCCCCCCCCCCCCCCCCCCCCCC. The molecule has 10 heteroatoms. The second-order valence-corrected chi connectivity index (χ2v) is 26.1. The van der Waals surface area contributed by atoms with E-state index in [1.165, 1.54) is 244 Å². The lowest BCUT2D eigenvalue weighted by Crippen LogP contribution is -2.47. The second kappa shape index (κ2) is 58.7. The number of phosphoric ester groups is 1. The van der Waals surface area contributed by atoms with Gasteiger partial charge in [0.25, 0.3) is 7.82 Å². The lowest BCUT2D eigenvalue weighted by molar-refractivity contribution is -0.870. The molecule has 78 heavy (non-hydrogen) atoms. The van der Waals surface area contributed by atoms with Gasteiger partial charge in [0, 0.05) is 12.8 Å². The number of ether oxygens (including phenoxy) is 1. The Kier molecular flexibility index (Phi) is 57.5. The molecule has 462 valence electrons. The summed E-state index contributed by atoms with van der Waals surface area (Å²) < 4.78 is 30.3. The van der Waals surface area contributed by atoms with Crippen molar-refractivity contribution < 1.29 is 37.3 Å². The molecule has 1 amide bonds. The Bertz CT molecular complexity index is 1380. The number of nitrogens with one attached hydrogen (secondary N) is 1. The topological polar surface area (TPSA) is 114 Å². The normalized spacial score (nSPS) is 13.7. The second-order valence-electron chi connectivity index (χ2n) is 24.7. The fourth-order valence-electron chi connectivity index (χ4n) is 10.3. The predicted octanol–water partition coefficient (Wildman–Crippen LogP) is 20.7. The highest BCUT2D eigenvalue weighted by Crippen LogP contribution is 2.38. The maximum absolute atomic E-state index is 13.5. The number of likely N-dealkylation sites (N-methyl/N-ethyl adjacent to an activating group) is 1. The van der Waals surface area contributed by atoms with Crippen molar-refractivity contribution >= 4 is 19.7 Å². The summed E-state index contributed by atoms with van der Waals surface area (Å²) in [5.74, 6) is -0.542. The highest BCUT2D eigenvalue weighted by molar-refractivity contribution is 7.45. The van der Waals surface area contributed by atoms with Crippen molar-refractivity contribution in [3.8, 4) is 0 Å². The number of quaternary nitrogens is 1. The first-order valence-corrected chi connectivity index (χ1v) is 35.6. The number of rotatable bonds is 63. The molecule has 0 rings (SSSR count). The van der Waals surface area contributed by atoms with Crippen LogP contribution in [0.3, 0.4) is 0 Å². The van der Waals surface area contributed by atoms with E-state index in [1.807, 2.05) is 33.3 Å². The summed E-state index contributed by atoms with van der Waals surface area (Å²) in [5.41, 5.74) is 0. The lowest BCUT2D eigenvalue weighted by Gasteiger charge is -2.30. The summed E-state index contributed by atoms with van der Waals surface area (Å²) in [4.78, 5) is 40.0. The molecule has 3 unspecified atom stereocenters. The molecule has 0 aromatic carbocycles. The van der Waals surface area contributed by atoms with Crippen molar-refractivity contribution in [1.29, 1.82) is 0 Å². The molecule has 0 aliphatic carbocycles. The van der Waals surface area contributed by atoms with E-state index in [9.17, 15) is 19.0 Å². The quantitative estimate of drug-likeness (QED) is 0.0212. The monoisotopic (exact) mass is 1120 g/mol. The van der Waals surface area contributed by atoms with Crippen LogP contribution in [0.4, 0.5) is 0 Å². The largest absolute Gasteiger partial charge is 0.756 e. The van der Waals surface area contributed by atoms with Gasteiger partial charge in [-0.2, -0.15) is 0 Å². The maximum Gasteiger partial charge on any atom is 0.306 e. The van der Waals surface area contributed by atoms with Crippen molar-refractivity contribution in [2.75, 3.05) is 40.9 Å². The summed E-state index contributed by atoms with van der Waals surface area (Å²) in [6.45, 7) is 6.87. The van der Waals surface area contributed by atoms with Crippen LogP contribution in [-0.2, 0) is 27.9 Å². The van der Waals surface area contributed by atoms with E-state index >= 15 is 0 Å². The molecule has 3 atom stereocenters. The molecule has 9 nitrogen and oxygen atoms in total. The Hall–Kier alpha value is -1.51. The van der Waals surface area contributed by atoms with Crippen LogP contribution in [0.2, 0.25) is 0 Å². The van der Waals surface area contributed by atoms with Crippen molar-refractivity contribution in [1.82, 2.24) is 5.32 Å². The lowest BCUT2D eigenvalue weighted by atomic mass is 10.0. The Morgan fingerprint density at radius 2 is 0.744 bits per heavy atom. The molecule has 0 aromatic heterocycles. The van der Waals surface area contributed by atoms with E-state index in [1.54, 1.807) is 0 Å². The fraction of sp³-hybridized carbons (Fsp3) is 0.912. The van der Waals surface area contributed by atoms with Gasteiger partial charge in [0.15, 0.2) is 0 Å². The average Bonchev–Trinajstić information content (AvgIpc) is 3.40. The highest BCUT2D eigenvalue weighted by Gasteiger charge is 2.27. The number of unbranched alkanes of at least 4 members (excludes halogenated alkanes) is 45. The molecule has 0 radical (unpaired) electrons. The Labute approximate surface area is 485 Å². The smallest absolute Gasteiger partial charge is 0.306 e. The van der Waals surface area contributed by atoms with Crippen molar-refractivity contribution in [2.45, 2.75) is 360 Å². The number of hydrogen-bond acceptors (Lipinski definition) is 7. The number of allylic oxidation sites excluding steroid dienone is 3. The number of esters is 1. The molecule has 0 aliphatic heterocycles. The number of hydrogen-bond donors (Lipinski definition) is 1. The number of amides is 1. The zero-order chi connectivity index (χ0) is 57.2. The van der Waals surface area contributed by atoms with Crippen LogP contribution in [-0.4, -0.2) is 69.4 Å². The molecular weight excluding hydrogens is 988 g/mol. The number of carbonyl (C=O) groups is 2. The van der Waals surface area contributed by atoms with Gasteiger partial charge in [-0.15, -0.1) is 0 Å². The van der Waals surface area contributed by atoms with Crippen LogP contribution in [0.25, 0.3) is 0 Å². The van der Waals surface area contributed by atoms with Crippen LogP contribution in [0.5, 0.6) is 0 Å². The zero-order valence-electron chi connectivity index (χ0n) is 52.9. The molecule has 0 fully saturated rings. The number of carbonyl (C=O) groups excluding carboxylic acids is 2. The third kappa shape index (κ3) is 59.1. The van der Waals surface area contributed by atoms with Crippen LogP contribution < -0.4 is 10.2 Å². The van der Waals surface area contributed by atoms with Crippen molar-refractivity contribution in [2.24, 2.45) is 0 Å². The molecule has 0 aromatic rings. The van der Waals surface area contributed by atoms with E-state index in [0.717, 1.165) is 70.6 Å². The first-order chi connectivity index (χ1) is 37.9. The van der Waals surface area contributed by atoms with E-state index in [4.69, 9.17) is 13.8 Å². The fourth-order valence-corrected chi connectivity index (χ4v) is 11.1. The standard InChI is InChI=1S/C68H133N2O7P/c1-7-10-13-16-19-22-25-28-29-30-31-32-33-34-35-36-37-38-39-40-41-43-46-49-52-55-58-61-68(72)77-66(59-56-53-50-47-44-27-24-21-18-15-12-9-3)65(64-76-78(73,74)75-63-62-70(4,5)6)69-67(71)60-57-54-51-48-45-42-26-23-20-17-14-11-8-2/h42,45,56,59,65-66H,7-41,43-44,46-55,57-58,60-64H2,1-6H3,(H-,69,71,73,74)/b45-42-,59-56-. The molecule has 0 heterocycles. The van der Waals surface area contributed by atoms with Gasteiger partial charge >= 0.3 is 5.97 Å². The summed E-state index contributed by atoms with van der Waals surface area (Å²) >= 11 is 0. The van der Waals surface area contributed by atoms with Gasteiger partial charge in [-0.1, -0.05) is 302 Å². The average molecular weight is 1120 g/mol. The van der Waals surface area contributed by atoms with E-state index in [2.05, 4.69) is 38.2 Å². The van der Waals surface area contributed by atoms with E-state index in [0.29, 0.717) is 17.4 Å². The highest BCUT2D eigenvalue weighted by atomic mass is 31.2. The summed E-state index contributed by atoms with van der Waals surface area (Å²) in [6, 6.07) is -0.890. The summed E-state index contributed by atoms with van der Waals surface area (Å²) in [5, 5.41) is 3.03. The van der Waals surface area contributed by atoms with E-state index in [-0.39, 0.29) is 31.5 Å². The van der Waals surface area contributed by atoms with Gasteiger partial charge in [0.05, 0.1) is 33.8 Å². The Morgan fingerprint density at radius 3 is 1.10 bits per heavy atom. The molecule has 0 saturated carbocycles. The van der Waals surface area contributed by atoms with Gasteiger partial charge < -0.3 is 28.5 Å². The summed E-state index contributed by atoms with van der Waals surface area (Å²) in [6.07, 6.45) is 70.3. The van der Waals surface area contributed by atoms with Gasteiger partial charge in [-0.3, -0.25) is 14.2 Å². The molecule has 0 bridgehead atoms. The van der Waals surface area contributed by atoms with Crippen LogP contribution in [0.1, 0.15) is 348 Å². The van der Waals surface area contributed by atoms with Crippen LogP contribution in [0, 0.1) is 0 Å². The minimum Gasteiger partial charge on any atom is -0.756 e. The first-order valence-electron chi connectivity index (χ1n) is 34.1. The summed E-state index contributed by atoms with van der Waals surface area (Å²) in [7, 11) is 1.19. The molecular formula is C68H133N2O7P. The molecule has 0 spiro atoms. The minimum atomic E-state index is -4.70. The predicted molar refractivity (Wildman–Crippen MR) is 335 cm³/mol. The van der Waals surface area contributed by atoms with E-state index < -0.39 is 20.0 Å². The van der Waals surface area contributed by atoms with Crippen molar-refractivity contribution in [3.63, 3.8) is 0 Å². The van der Waals surface area contributed by atoms with Gasteiger partial charge in [0.2, 0.25) is 5.91 Å². The van der Waals surface area contributed by atoms with Gasteiger partial charge in [0.1, 0.15) is 19.3 Å². The van der Waals surface area contributed by atoms with Crippen LogP contribution in [0.15, 0.2) is 24.3 Å². The zero-order valence-corrected chi connectivity index (χ0v) is 53.8. The van der Waals surface area contributed by atoms with Crippen LogP contribution >= 0.6 is 7.82 Å². The third-order valence-corrected chi connectivity index (χ3v) is 16.6. The van der Waals surface area contributed by atoms with Crippen molar-refractivity contribution in [3.05, 3.63) is 24.3 Å². The first kappa shape index (κ1) is 76.5. The Balaban J connectivity index is 4.95. The number of nitrogens with zero attached hydrogens (tertiary/aromatic N) is 1. The maximum atomic E-state index is 13.5. The minimum absolute atomic E-state index is 0.0215. The molecule has 0 aliphatic rings.